The number of aryl methyl sites for hydroxylation is 1. The molecule has 1 N–H and O–H groups in total. The Morgan fingerprint density at radius 2 is 1.89 bits per heavy atom. The number of benzene rings is 1. The van der Waals surface area contributed by atoms with Crippen LogP contribution in [-0.4, -0.2) is 19.6 Å². The second-order valence-electron chi connectivity index (χ2n) is 6.17. The molecular weight excluding hydrogens is 232 g/mol. The first-order chi connectivity index (χ1) is 9.11. The molecule has 0 aromatic heterocycles. The Balaban J connectivity index is 2.14. The van der Waals surface area contributed by atoms with Crippen LogP contribution in [0.4, 0.5) is 5.69 Å². The summed E-state index contributed by atoms with van der Waals surface area (Å²) in [5.41, 5.74) is 4.25. The average molecular weight is 260 g/mol. The Labute approximate surface area is 118 Å². The van der Waals surface area contributed by atoms with Gasteiger partial charge >= 0.3 is 0 Å². The summed E-state index contributed by atoms with van der Waals surface area (Å²) in [6.07, 6.45) is 1.19. The molecule has 2 unspecified atom stereocenters. The standard InChI is InChI=1S/C17H28N2/c1-5-8-18-10-16-9-13(2)6-7-17(16)19-11-14(3)15(4)12-19/h6-7,9,14-15,18H,5,8,10-12H2,1-4H3. The maximum atomic E-state index is 3.54. The summed E-state index contributed by atoms with van der Waals surface area (Å²) in [5.74, 6) is 1.61. The molecule has 2 rings (SSSR count). The van der Waals surface area contributed by atoms with Gasteiger partial charge in [-0.2, -0.15) is 0 Å². The van der Waals surface area contributed by atoms with E-state index in [1.807, 2.05) is 0 Å². The zero-order valence-electron chi connectivity index (χ0n) is 12.9. The molecule has 2 atom stereocenters. The topological polar surface area (TPSA) is 15.3 Å². The van der Waals surface area contributed by atoms with Gasteiger partial charge in [0.1, 0.15) is 0 Å². The minimum atomic E-state index is 0.803. The predicted molar refractivity (Wildman–Crippen MR) is 83.7 cm³/mol. The van der Waals surface area contributed by atoms with Gasteiger partial charge in [-0.1, -0.05) is 38.5 Å². The minimum absolute atomic E-state index is 0.803. The van der Waals surface area contributed by atoms with Crippen LogP contribution in [0.5, 0.6) is 0 Å². The molecule has 2 heteroatoms. The Hall–Kier alpha value is -1.02. The predicted octanol–water partition coefficient (Wildman–Crippen LogP) is 3.59. The first-order valence-electron chi connectivity index (χ1n) is 7.67. The molecule has 19 heavy (non-hydrogen) atoms. The van der Waals surface area contributed by atoms with Crippen LogP contribution in [-0.2, 0) is 6.54 Å². The zero-order valence-corrected chi connectivity index (χ0v) is 12.9. The lowest BCUT2D eigenvalue weighted by atomic mass is 10.0. The van der Waals surface area contributed by atoms with Gasteiger partial charge in [0, 0.05) is 25.3 Å². The van der Waals surface area contributed by atoms with Crippen molar-refractivity contribution < 1.29 is 0 Å². The number of nitrogens with one attached hydrogen (secondary N) is 1. The highest BCUT2D eigenvalue weighted by Gasteiger charge is 2.27. The fourth-order valence-corrected chi connectivity index (χ4v) is 2.89. The van der Waals surface area contributed by atoms with Crippen molar-refractivity contribution in [3.05, 3.63) is 29.3 Å². The van der Waals surface area contributed by atoms with Gasteiger partial charge in [0.2, 0.25) is 0 Å². The van der Waals surface area contributed by atoms with Crippen molar-refractivity contribution in [2.45, 2.75) is 40.7 Å². The van der Waals surface area contributed by atoms with Gasteiger partial charge < -0.3 is 10.2 Å². The highest BCUT2D eigenvalue weighted by atomic mass is 15.2. The highest BCUT2D eigenvalue weighted by Crippen LogP contribution is 2.30. The molecule has 1 fully saturated rings. The van der Waals surface area contributed by atoms with E-state index >= 15 is 0 Å². The third-order valence-corrected chi connectivity index (χ3v) is 4.31. The summed E-state index contributed by atoms with van der Waals surface area (Å²) in [6.45, 7) is 13.6. The van der Waals surface area contributed by atoms with E-state index in [0.29, 0.717) is 0 Å². The Bertz CT molecular complexity index is 404. The highest BCUT2D eigenvalue weighted by molar-refractivity contribution is 5.56. The summed E-state index contributed by atoms with van der Waals surface area (Å²) >= 11 is 0. The molecule has 1 aromatic carbocycles. The third kappa shape index (κ3) is 3.50. The van der Waals surface area contributed by atoms with E-state index in [1.165, 1.54) is 36.3 Å². The van der Waals surface area contributed by atoms with Gasteiger partial charge in [-0.05, 0) is 43.4 Å². The van der Waals surface area contributed by atoms with Crippen LogP contribution < -0.4 is 10.2 Å². The summed E-state index contributed by atoms with van der Waals surface area (Å²) in [6, 6.07) is 6.89. The molecule has 1 heterocycles. The molecule has 1 saturated heterocycles. The van der Waals surface area contributed by atoms with Crippen LogP contribution in [0.1, 0.15) is 38.3 Å². The van der Waals surface area contributed by atoms with Gasteiger partial charge in [-0.3, -0.25) is 0 Å². The third-order valence-electron chi connectivity index (χ3n) is 4.31. The van der Waals surface area contributed by atoms with Gasteiger partial charge in [0.25, 0.3) is 0 Å². The molecule has 1 aliphatic heterocycles. The fourth-order valence-electron chi connectivity index (χ4n) is 2.89. The zero-order chi connectivity index (χ0) is 13.8. The van der Waals surface area contributed by atoms with E-state index in [-0.39, 0.29) is 0 Å². The molecule has 0 radical (unpaired) electrons. The van der Waals surface area contributed by atoms with E-state index < -0.39 is 0 Å². The van der Waals surface area contributed by atoms with Crippen molar-refractivity contribution in [2.75, 3.05) is 24.5 Å². The van der Waals surface area contributed by atoms with E-state index in [0.717, 1.165) is 24.9 Å². The summed E-state index contributed by atoms with van der Waals surface area (Å²) in [7, 11) is 0. The van der Waals surface area contributed by atoms with Crippen LogP contribution >= 0.6 is 0 Å². The Morgan fingerprint density at radius 1 is 1.21 bits per heavy atom. The Morgan fingerprint density at radius 3 is 2.53 bits per heavy atom. The lowest BCUT2D eigenvalue weighted by Crippen LogP contribution is -2.23. The summed E-state index contributed by atoms with van der Waals surface area (Å²) in [5, 5.41) is 3.54. The second-order valence-corrected chi connectivity index (χ2v) is 6.17. The summed E-state index contributed by atoms with van der Waals surface area (Å²) in [4.78, 5) is 2.57. The molecule has 106 valence electrons. The smallest absolute Gasteiger partial charge is 0.0412 e. The monoisotopic (exact) mass is 260 g/mol. The second kappa shape index (κ2) is 6.42. The molecule has 0 bridgehead atoms. The molecule has 0 amide bonds. The molecular formula is C17H28N2. The number of rotatable bonds is 5. The van der Waals surface area contributed by atoms with Crippen LogP contribution in [0.15, 0.2) is 18.2 Å². The van der Waals surface area contributed by atoms with Crippen LogP contribution in [0.25, 0.3) is 0 Å². The van der Waals surface area contributed by atoms with Crippen LogP contribution in [0.3, 0.4) is 0 Å². The normalized spacial score (nSPS) is 23.1. The lowest BCUT2D eigenvalue weighted by Gasteiger charge is -2.23. The van der Waals surface area contributed by atoms with Gasteiger partial charge in [-0.15, -0.1) is 0 Å². The van der Waals surface area contributed by atoms with Crippen molar-refractivity contribution in [3.63, 3.8) is 0 Å². The van der Waals surface area contributed by atoms with E-state index in [2.05, 4.69) is 56.1 Å². The van der Waals surface area contributed by atoms with Crippen molar-refractivity contribution in [2.24, 2.45) is 11.8 Å². The van der Waals surface area contributed by atoms with Crippen molar-refractivity contribution in [1.82, 2.24) is 5.32 Å². The first kappa shape index (κ1) is 14.4. The molecule has 2 nitrogen and oxygen atoms in total. The Kier molecular flexibility index (Phi) is 4.87. The maximum absolute atomic E-state index is 3.54. The average Bonchev–Trinajstić information content (AvgIpc) is 2.70. The van der Waals surface area contributed by atoms with Crippen molar-refractivity contribution in [1.29, 1.82) is 0 Å². The molecule has 1 aromatic rings. The lowest BCUT2D eigenvalue weighted by molar-refractivity contribution is 0.494. The van der Waals surface area contributed by atoms with Gasteiger partial charge in [0.15, 0.2) is 0 Å². The van der Waals surface area contributed by atoms with Gasteiger partial charge in [-0.25, -0.2) is 0 Å². The number of hydrogen-bond acceptors (Lipinski definition) is 2. The van der Waals surface area contributed by atoms with Crippen molar-refractivity contribution in [3.8, 4) is 0 Å². The molecule has 0 aliphatic carbocycles. The maximum Gasteiger partial charge on any atom is 0.0412 e. The van der Waals surface area contributed by atoms with E-state index in [1.54, 1.807) is 0 Å². The first-order valence-corrected chi connectivity index (χ1v) is 7.67. The number of anilines is 1. The van der Waals surface area contributed by atoms with Crippen LogP contribution in [0, 0.1) is 18.8 Å². The fraction of sp³-hybridized carbons (Fsp3) is 0.647. The SMILES string of the molecule is CCCNCc1cc(C)ccc1N1CC(C)C(C)C1. The molecule has 0 saturated carbocycles. The van der Waals surface area contributed by atoms with E-state index in [9.17, 15) is 0 Å². The molecule has 0 spiro atoms. The number of nitrogens with zero attached hydrogens (tertiary/aromatic N) is 1. The quantitative estimate of drug-likeness (QED) is 0.814. The number of hydrogen-bond donors (Lipinski definition) is 1. The molecule has 1 aliphatic rings. The van der Waals surface area contributed by atoms with Crippen molar-refractivity contribution >= 4 is 5.69 Å². The van der Waals surface area contributed by atoms with Crippen LogP contribution in [0.2, 0.25) is 0 Å². The van der Waals surface area contributed by atoms with Gasteiger partial charge in [0.05, 0.1) is 0 Å². The largest absolute Gasteiger partial charge is 0.371 e. The minimum Gasteiger partial charge on any atom is -0.371 e. The van der Waals surface area contributed by atoms with E-state index in [4.69, 9.17) is 0 Å². The summed E-state index contributed by atoms with van der Waals surface area (Å²) < 4.78 is 0.